The van der Waals surface area contributed by atoms with Gasteiger partial charge in [0, 0.05) is 19.2 Å². The van der Waals surface area contributed by atoms with E-state index in [1.54, 1.807) is 12.1 Å². The van der Waals surface area contributed by atoms with Crippen LogP contribution in [0.2, 0.25) is 0 Å². The molecule has 2 aliphatic carbocycles. The summed E-state index contributed by atoms with van der Waals surface area (Å²) in [4.78, 5) is 57.4. The van der Waals surface area contributed by atoms with E-state index in [-0.39, 0.29) is 42.5 Å². The summed E-state index contributed by atoms with van der Waals surface area (Å²) in [5, 5.41) is 16.9. The molecule has 2 bridgehead atoms. The van der Waals surface area contributed by atoms with Crippen LogP contribution in [0.1, 0.15) is 33.6 Å². The number of rotatable bonds is 6. The Kier molecular flexibility index (Phi) is 7.40. The summed E-state index contributed by atoms with van der Waals surface area (Å²) in [6.07, 6.45) is -0.211. The Hall–Kier alpha value is -4.15. The van der Waals surface area contributed by atoms with Crippen molar-refractivity contribution in [3.63, 3.8) is 0 Å². The number of hydrogen-bond donors (Lipinski definition) is 3. The monoisotopic (exact) mass is 588 g/mol. The number of nitrogens with zero attached hydrogens (tertiary/aromatic N) is 3. The standard InChI is InChI=1S/C28H31F3N6O5/c1-27(2,3)21(35-26(41)28(29,30)31)25(40)37-12-16-13-6-7-14(9-13)19(16)20(37)24(39)34-15(11-32)10-18-23(38)36-22-17(42-18)5-4-8-33-22/h4-8,13-16,18-21H,9-10,12H2,1-3H3,(H,34,39)(H,35,41)(H,33,36,38)/t13-,14+,15+,16-,18+,19+,20+,21-/m1/s1. The molecular formula is C28H31F3N6O5. The van der Waals surface area contributed by atoms with Gasteiger partial charge in [0.05, 0.1) is 6.07 Å². The Bertz CT molecular complexity index is 1370. The Morgan fingerprint density at radius 1 is 1.21 bits per heavy atom. The molecule has 2 fully saturated rings. The number of fused-ring (bicyclic) bond motifs is 6. The number of allylic oxidation sites excluding steroid dienone is 2. The molecule has 3 N–H and O–H groups in total. The number of carbonyl (C=O) groups is 4. The number of nitrogens with one attached hydrogen (secondary N) is 3. The van der Waals surface area contributed by atoms with E-state index in [9.17, 15) is 37.6 Å². The number of nitriles is 1. The van der Waals surface area contributed by atoms with Crippen molar-refractivity contribution in [2.45, 2.75) is 64.0 Å². The molecule has 2 aliphatic heterocycles. The number of carbonyl (C=O) groups excluding carboxylic acids is 4. The van der Waals surface area contributed by atoms with Crippen molar-refractivity contribution in [2.75, 3.05) is 11.9 Å². The molecular weight excluding hydrogens is 557 g/mol. The van der Waals surface area contributed by atoms with Crippen LogP contribution >= 0.6 is 0 Å². The number of anilines is 1. The molecule has 0 aromatic carbocycles. The van der Waals surface area contributed by atoms with Crippen LogP contribution in [0.3, 0.4) is 0 Å². The molecule has 1 aromatic heterocycles. The Balaban J connectivity index is 1.37. The van der Waals surface area contributed by atoms with Crippen molar-refractivity contribution in [3.05, 3.63) is 30.5 Å². The molecule has 4 aliphatic rings. The van der Waals surface area contributed by atoms with Gasteiger partial charge in [0.1, 0.15) is 18.1 Å². The van der Waals surface area contributed by atoms with Gasteiger partial charge in [-0.25, -0.2) is 4.98 Å². The molecule has 1 saturated heterocycles. The normalized spacial score (nSPS) is 29.0. The van der Waals surface area contributed by atoms with Crippen LogP contribution in [0.5, 0.6) is 5.75 Å². The average Bonchev–Trinajstić information content (AvgIpc) is 3.63. The van der Waals surface area contributed by atoms with Crippen LogP contribution in [0.15, 0.2) is 30.5 Å². The molecule has 0 unspecified atom stereocenters. The predicted octanol–water partition coefficient (Wildman–Crippen LogP) is 1.92. The summed E-state index contributed by atoms with van der Waals surface area (Å²) in [7, 11) is 0. The molecule has 1 aromatic rings. The second-order valence-corrected chi connectivity index (χ2v) is 12.3. The highest BCUT2D eigenvalue weighted by molar-refractivity contribution is 5.97. The molecule has 11 nitrogen and oxygen atoms in total. The lowest BCUT2D eigenvalue weighted by molar-refractivity contribution is -0.176. The lowest BCUT2D eigenvalue weighted by Crippen LogP contribution is -2.60. The first-order chi connectivity index (χ1) is 19.7. The van der Waals surface area contributed by atoms with E-state index in [1.165, 1.54) is 31.9 Å². The minimum Gasteiger partial charge on any atom is -0.477 e. The Labute approximate surface area is 239 Å². The number of alkyl halides is 3. The van der Waals surface area contributed by atoms with Crippen molar-refractivity contribution in [3.8, 4) is 11.8 Å². The van der Waals surface area contributed by atoms with E-state index in [0.717, 1.165) is 6.42 Å². The zero-order valence-electron chi connectivity index (χ0n) is 23.1. The zero-order chi connectivity index (χ0) is 30.6. The van der Waals surface area contributed by atoms with Crippen molar-refractivity contribution < 1.29 is 37.1 Å². The van der Waals surface area contributed by atoms with Crippen molar-refractivity contribution in [1.82, 2.24) is 20.5 Å². The SMILES string of the molecule is CC(C)(C)[C@H](NC(=O)C(F)(F)F)C(=O)N1C[C@H]2[C@@H]([C@H]1C(=O)N[C@H](C#N)C[C@@H]1Oc3cccnc3NC1=O)[C@H]1C=C[C@@H]2C1. The third-order valence-electron chi connectivity index (χ3n) is 8.49. The van der Waals surface area contributed by atoms with Gasteiger partial charge < -0.3 is 25.6 Å². The number of hydrogen-bond acceptors (Lipinski definition) is 7. The summed E-state index contributed by atoms with van der Waals surface area (Å²) in [5.41, 5.74) is -1.11. The third kappa shape index (κ3) is 5.39. The molecule has 8 atom stereocenters. The summed E-state index contributed by atoms with van der Waals surface area (Å²) >= 11 is 0. The topological polar surface area (TPSA) is 154 Å². The van der Waals surface area contributed by atoms with Gasteiger partial charge in [-0.05, 0) is 47.6 Å². The highest BCUT2D eigenvalue weighted by atomic mass is 19.4. The van der Waals surface area contributed by atoms with Gasteiger partial charge >= 0.3 is 12.1 Å². The molecule has 3 heterocycles. The number of pyridine rings is 1. The number of halogens is 3. The fourth-order valence-corrected chi connectivity index (χ4v) is 6.56. The average molecular weight is 589 g/mol. The molecule has 0 radical (unpaired) electrons. The molecule has 14 heteroatoms. The molecule has 1 saturated carbocycles. The maximum atomic E-state index is 13.9. The fourth-order valence-electron chi connectivity index (χ4n) is 6.56. The van der Waals surface area contributed by atoms with Crippen LogP contribution in [0.25, 0.3) is 0 Å². The van der Waals surface area contributed by atoms with Gasteiger partial charge in [0.2, 0.25) is 11.8 Å². The van der Waals surface area contributed by atoms with E-state index >= 15 is 0 Å². The van der Waals surface area contributed by atoms with Gasteiger partial charge in [0.25, 0.3) is 5.91 Å². The van der Waals surface area contributed by atoms with Crippen LogP contribution < -0.4 is 20.7 Å². The largest absolute Gasteiger partial charge is 0.477 e. The molecule has 42 heavy (non-hydrogen) atoms. The maximum Gasteiger partial charge on any atom is 0.471 e. The van der Waals surface area contributed by atoms with E-state index in [1.807, 2.05) is 23.5 Å². The van der Waals surface area contributed by atoms with E-state index in [4.69, 9.17) is 4.74 Å². The first-order valence-electron chi connectivity index (χ1n) is 13.7. The van der Waals surface area contributed by atoms with Crippen LogP contribution in [-0.4, -0.2) is 70.5 Å². The van der Waals surface area contributed by atoms with E-state index in [2.05, 4.69) is 15.6 Å². The Morgan fingerprint density at radius 2 is 1.93 bits per heavy atom. The minimum absolute atomic E-state index is 0.0246. The highest BCUT2D eigenvalue weighted by Crippen LogP contribution is 2.54. The smallest absolute Gasteiger partial charge is 0.471 e. The van der Waals surface area contributed by atoms with Gasteiger partial charge in [-0.15, -0.1) is 0 Å². The van der Waals surface area contributed by atoms with Crippen LogP contribution in [0.4, 0.5) is 19.0 Å². The van der Waals surface area contributed by atoms with Crippen molar-refractivity contribution in [1.29, 1.82) is 5.26 Å². The molecule has 0 spiro atoms. The molecule has 5 rings (SSSR count). The van der Waals surface area contributed by atoms with Crippen molar-refractivity contribution >= 4 is 29.4 Å². The summed E-state index contributed by atoms with van der Waals surface area (Å²) < 4.78 is 45.1. The maximum absolute atomic E-state index is 13.9. The third-order valence-corrected chi connectivity index (χ3v) is 8.49. The van der Waals surface area contributed by atoms with Crippen LogP contribution in [0, 0.1) is 40.4 Å². The van der Waals surface area contributed by atoms with Crippen LogP contribution in [-0.2, 0) is 19.2 Å². The lowest BCUT2D eigenvalue weighted by Gasteiger charge is -2.37. The predicted molar refractivity (Wildman–Crippen MR) is 140 cm³/mol. The Morgan fingerprint density at radius 3 is 2.60 bits per heavy atom. The number of likely N-dealkylation sites (tertiary alicyclic amines) is 1. The second kappa shape index (κ2) is 10.6. The van der Waals surface area contributed by atoms with Gasteiger partial charge in [-0.1, -0.05) is 32.9 Å². The highest BCUT2D eigenvalue weighted by Gasteiger charge is 2.59. The summed E-state index contributed by atoms with van der Waals surface area (Å²) in [6, 6.07) is 1.35. The number of amides is 4. The molecule has 4 amide bonds. The van der Waals surface area contributed by atoms with Gasteiger partial charge in [-0.3, -0.25) is 19.2 Å². The number of aromatic nitrogens is 1. The van der Waals surface area contributed by atoms with Crippen molar-refractivity contribution in [2.24, 2.45) is 29.1 Å². The van der Waals surface area contributed by atoms with E-state index in [0.29, 0.717) is 5.75 Å². The first kappa shape index (κ1) is 29.3. The van der Waals surface area contributed by atoms with Gasteiger partial charge in [-0.2, -0.15) is 18.4 Å². The first-order valence-corrected chi connectivity index (χ1v) is 13.7. The second-order valence-electron chi connectivity index (χ2n) is 12.3. The number of ether oxygens (including phenoxy) is 1. The zero-order valence-corrected chi connectivity index (χ0v) is 23.1. The lowest BCUT2D eigenvalue weighted by atomic mass is 9.81. The van der Waals surface area contributed by atoms with Gasteiger partial charge in [0.15, 0.2) is 17.7 Å². The quantitative estimate of drug-likeness (QED) is 0.429. The summed E-state index contributed by atoms with van der Waals surface area (Å²) in [5.74, 6) is -4.04. The summed E-state index contributed by atoms with van der Waals surface area (Å²) in [6.45, 7) is 4.70. The minimum atomic E-state index is -5.20. The molecule has 224 valence electrons. The van der Waals surface area contributed by atoms with E-state index < -0.39 is 59.4 Å². The fraction of sp³-hybridized carbons (Fsp3) is 0.571.